The van der Waals surface area contributed by atoms with Crippen LogP contribution >= 0.6 is 0 Å². The molecule has 0 bridgehead atoms. The van der Waals surface area contributed by atoms with Crippen molar-refractivity contribution in [2.24, 2.45) is 7.05 Å². The van der Waals surface area contributed by atoms with Gasteiger partial charge in [-0.05, 0) is 40.7 Å². The number of nitrogens with zero attached hydrogens (tertiary/aromatic N) is 2. The number of nitrogens with one attached hydrogen (secondary N) is 1. The second-order valence-electron chi connectivity index (χ2n) is 5.73. The molecule has 0 fully saturated rings. The van der Waals surface area contributed by atoms with Crippen molar-refractivity contribution in [2.75, 3.05) is 13.7 Å². The fraction of sp³-hybridized carbons (Fsp3) is 0.643. The third-order valence-corrected chi connectivity index (χ3v) is 2.70. The molecule has 0 aliphatic carbocycles. The second-order valence-corrected chi connectivity index (χ2v) is 5.73. The Morgan fingerprint density at radius 2 is 2.06 bits per heavy atom. The first-order chi connectivity index (χ1) is 8.24. The van der Waals surface area contributed by atoms with Gasteiger partial charge in [-0.1, -0.05) is 5.57 Å². The highest BCUT2D eigenvalue weighted by Gasteiger charge is 2.12. The molecule has 1 heterocycles. The Morgan fingerprint density at radius 3 is 2.56 bits per heavy atom. The summed E-state index contributed by atoms with van der Waals surface area (Å²) in [6.07, 6.45) is 2.14. The van der Waals surface area contributed by atoms with Crippen molar-refractivity contribution in [3.05, 3.63) is 16.8 Å². The molecule has 0 aliphatic rings. The molecule has 18 heavy (non-hydrogen) atoms. The van der Waals surface area contributed by atoms with E-state index in [0.29, 0.717) is 0 Å². The molecule has 0 spiro atoms. The van der Waals surface area contributed by atoms with Crippen LogP contribution in [0, 0.1) is 6.92 Å². The quantitative estimate of drug-likeness (QED) is 0.893. The minimum atomic E-state index is 0.128. The standard InChI is InChI=1S/C14H25N3O/c1-10(9-15-14(3,4)5)8-12-11(2)16-17(6)13(12)18-7/h8,15H,9H2,1-7H3/b10-8-. The summed E-state index contributed by atoms with van der Waals surface area (Å²) < 4.78 is 7.15. The van der Waals surface area contributed by atoms with Crippen molar-refractivity contribution in [3.8, 4) is 5.88 Å². The zero-order valence-corrected chi connectivity index (χ0v) is 12.6. The average Bonchev–Trinajstić information content (AvgIpc) is 2.50. The van der Waals surface area contributed by atoms with Crippen LogP contribution in [-0.2, 0) is 7.05 Å². The van der Waals surface area contributed by atoms with Crippen molar-refractivity contribution in [1.82, 2.24) is 15.1 Å². The van der Waals surface area contributed by atoms with Crippen LogP contribution in [0.1, 0.15) is 39.0 Å². The summed E-state index contributed by atoms with van der Waals surface area (Å²) in [5.41, 5.74) is 3.44. The molecule has 0 radical (unpaired) electrons. The van der Waals surface area contributed by atoms with Gasteiger partial charge in [-0.3, -0.25) is 0 Å². The van der Waals surface area contributed by atoms with Crippen molar-refractivity contribution < 1.29 is 4.74 Å². The Morgan fingerprint density at radius 1 is 1.44 bits per heavy atom. The monoisotopic (exact) mass is 251 g/mol. The average molecular weight is 251 g/mol. The number of rotatable bonds is 4. The van der Waals surface area contributed by atoms with Gasteiger partial charge in [-0.25, -0.2) is 4.68 Å². The van der Waals surface area contributed by atoms with Gasteiger partial charge in [-0.2, -0.15) is 5.10 Å². The number of aromatic nitrogens is 2. The molecule has 1 N–H and O–H groups in total. The van der Waals surface area contributed by atoms with Gasteiger partial charge in [0.05, 0.1) is 18.4 Å². The highest BCUT2D eigenvalue weighted by molar-refractivity contribution is 5.60. The molecule has 1 aromatic rings. The summed E-state index contributed by atoms with van der Waals surface area (Å²) in [6, 6.07) is 0. The van der Waals surface area contributed by atoms with E-state index in [0.717, 1.165) is 23.7 Å². The van der Waals surface area contributed by atoms with Crippen LogP contribution in [0.15, 0.2) is 5.57 Å². The first-order valence-corrected chi connectivity index (χ1v) is 6.24. The van der Waals surface area contributed by atoms with Crippen LogP contribution in [0.2, 0.25) is 0 Å². The molecule has 0 aromatic carbocycles. The van der Waals surface area contributed by atoms with Crippen LogP contribution in [0.3, 0.4) is 0 Å². The van der Waals surface area contributed by atoms with E-state index in [1.54, 1.807) is 11.8 Å². The lowest BCUT2D eigenvalue weighted by atomic mass is 10.1. The Kier molecular flexibility index (Phi) is 4.57. The molecule has 0 amide bonds. The van der Waals surface area contributed by atoms with Gasteiger partial charge in [0, 0.05) is 19.1 Å². The Balaban J connectivity index is 2.88. The van der Waals surface area contributed by atoms with E-state index in [2.05, 4.69) is 44.2 Å². The first-order valence-electron chi connectivity index (χ1n) is 6.24. The van der Waals surface area contributed by atoms with Crippen molar-refractivity contribution in [2.45, 2.75) is 40.2 Å². The molecule has 0 saturated carbocycles. The maximum atomic E-state index is 5.38. The number of hydrogen-bond donors (Lipinski definition) is 1. The molecule has 4 heteroatoms. The van der Waals surface area contributed by atoms with Crippen LogP contribution in [0.25, 0.3) is 6.08 Å². The van der Waals surface area contributed by atoms with Crippen LogP contribution in [-0.4, -0.2) is 29.0 Å². The van der Waals surface area contributed by atoms with Crippen LogP contribution in [0.5, 0.6) is 5.88 Å². The number of hydrogen-bond acceptors (Lipinski definition) is 3. The van der Waals surface area contributed by atoms with Crippen molar-refractivity contribution in [1.29, 1.82) is 0 Å². The van der Waals surface area contributed by atoms with Gasteiger partial charge in [0.2, 0.25) is 5.88 Å². The lowest BCUT2D eigenvalue weighted by Crippen LogP contribution is -2.36. The number of aryl methyl sites for hydroxylation is 2. The van der Waals surface area contributed by atoms with Crippen LogP contribution < -0.4 is 10.1 Å². The normalized spacial score (nSPS) is 12.9. The number of methoxy groups -OCH3 is 1. The smallest absolute Gasteiger partial charge is 0.218 e. The first kappa shape index (κ1) is 14.8. The molecular weight excluding hydrogens is 226 g/mol. The highest BCUT2D eigenvalue weighted by Crippen LogP contribution is 2.23. The maximum absolute atomic E-state index is 5.38. The minimum absolute atomic E-state index is 0.128. The van der Waals surface area contributed by atoms with Gasteiger partial charge in [0.1, 0.15) is 0 Å². The maximum Gasteiger partial charge on any atom is 0.218 e. The minimum Gasteiger partial charge on any atom is -0.481 e. The summed E-state index contributed by atoms with van der Waals surface area (Å²) >= 11 is 0. The molecule has 0 saturated heterocycles. The fourth-order valence-electron chi connectivity index (χ4n) is 1.76. The Labute approximate surface area is 110 Å². The SMILES string of the molecule is COc1c(/C=C(/C)CNC(C)(C)C)c(C)nn1C. The largest absolute Gasteiger partial charge is 0.481 e. The van der Waals surface area contributed by atoms with Gasteiger partial charge < -0.3 is 10.1 Å². The van der Waals surface area contributed by atoms with Gasteiger partial charge >= 0.3 is 0 Å². The summed E-state index contributed by atoms with van der Waals surface area (Å²) in [4.78, 5) is 0. The van der Waals surface area contributed by atoms with Gasteiger partial charge in [0.25, 0.3) is 0 Å². The predicted molar refractivity (Wildman–Crippen MR) is 75.9 cm³/mol. The molecule has 102 valence electrons. The van der Waals surface area contributed by atoms with E-state index < -0.39 is 0 Å². The molecule has 1 aromatic heterocycles. The van der Waals surface area contributed by atoms with E-state index >= 15 is 0 Å². The van der Waals surface area contributed by atoms with E-state index in [-0.39, 0.29) is 5.54 Å². The summed E-state index contributed by atoms with van der Waals surface area (Å²) in [5, 5.41) is 7.84. The topological polar surface area (TPSA) is 39.1 Å². The highest BCUT2D eigenvalue weighted by atomic mass is 16.5. The Bertz CT molecular complexity index is 439. The van der Waals surface area contributed by atoms with E-state index in [1.807, 2.05) is 14.0 Å². The van der Waals surface area contributed by atoms with E-state index in [4.69, 9.17) is 4.74 Å². The molecule has 1 rings (SSSR count). The summed E-state index contributed by atoms with van der Waals surface area (Å²) in [6.45, 7) is 11.5. The Hall–Kier alpha value is -1.29. The molecule has 4 nitrogen and oxygen atoms in total. The number of ether oxygens (including phenoxy) is 1. The molecule has 0 unspecified atom stereocenters. The zero-order chi connectivity index (χ0) is 13.9. The third-order valence-electron chi connectivity index (χ3n) is 2.70. The van der Waals surface area contributed by atoms with Crippen LogP contribution in [0.4, 0.5) is 0 Å². The zero-order valence-electron chi connectivity index (χ0n) is 12.6. The van der Waals surface area contributed by atoms with Crippen molar-refractivity contribution >= 4 is 6.08 Å². The molecule has 0 atom stereocenters. The van der Waals surface area contributed by atoms with E-state index in [9.17, 15) is 0 Å². The lowest BCUT2D eigenvalue weighted by molar-refractivity contribution is 0.372. The van der Waals surface area contributed by atoms with Gasteiger partial charge in [-0.15, -0.1) is 0 Å². The predicted octanol–water partition coefficient (Wildman–Crippen LogP) is 2.53. The molecule has 0 aliphatic heterocycles. The molecular formula is C14H25N3O. The fourth-order valence-corrected chi connectivity index (χ4v) is 1.76. The summed E-state index contributed by atoms with van der Waals surface area (Å²) in [7, 11) is 3.57. The summed E-state index contributed by atoms with van der Waals surface area (Å²) in [5.74, 6) is 0.808. The van der Waals surface area contributed by atoms with E-state index in [1.165, 1.54) is 5.57 Å². The van der Waals surface area contributed by atoms with Gasteiger partial charge in [0.15, 0.2) is 0 Å². The second kappa shape index (κ2) is 5.57. The third kappa shape index (κ3) is 3.88. The van der Waals surface area contributed by atoms with Crippen molar-refractivity contribution in [3.63, 3.8) is 0 Å². The lowest BCUT2D eigenvalue weighted by Gasteiger charge is -2.20.